The van der Waals surface area contributed by atoms with Gasteiger partial charge in [0.1, 0.15) is 0 Å². The van der Waals surface area contributed by atoms with Gasteiger partial charge >= 0.3 is 7.60 Å². The van der Waals surface area contributed by atoms with Crippen LogP contribution in [0.5, 0.6) is 0 Å². The largest absolute Gasteiger partial charge is 0.356 e. The minimum Gasteiger partial charge on any atom is -0.321 e. The Bertz CT molecular complexity index is 790. The third-order valence-electron chi connectivity index (χ3n) is 3.45. The number of hydrogen-bond acceptors (Lipinski definition) is 1. The lowest BCUT2D eigenvalue weighted by Gasteiger charge is -2.20. The lowest BCUT2D eigenvalue weighted by molar-refractivity contribution is 0.387. The molecule has 0 bridgehead atoms. The van der Waals surface area contributed by atoms with Crippen LogP contribution in [-0.4, -0.2) is 9.79 Å². The molecule has 2 N–H and O–H groups in total. The lowest BCUT2D eigenvalue weighted by atomic mass is 10.3. The van der Waals surface area contributed by atoms with E-state index in [-0.39, 0.29) is 5.30 Å². The fraction of sp³-hybridized carbons (Fsp3) is 0. The van der Waals surface area contributed by atoms with Gasteiger partial charge in [-0.2, -0.15) is 0 Å². The van der Waals surface area contributed by atoms with Gasteiger partial charge in [-0.1, -0.05) is 72.8 Å². The van der Waals surface area contributed by atoms with Gasteiger partial charge in [0, 0.05) is 0 Å². The van der Waals surface area contributed by atoms with Crippen LogP contribution in [0.4, 0.5) is 0 Å². The smallest absolute Gasteiger partial charge is 0.321 e. The summed E-state index contributed by atoms with van der Waals surface area (Å²) in [5, 5.41) is 3.29. The van der Waals surface area contributed by atoms with Crippen LogP contribution < -0.4 is 21.2 Å². The van der Waals surface area contributed by atoms with E-state index in [4.69, 9.17) is 0 Å². The Morgan fingerprint density at radius 3 is 1.61 bits per heavy atom. The third kappa shape index (κ3) is 3.77. The van der Waals surface area contributed by atoms with Crippen molar-refractivity contribution >= 4 is 36.7 Å². The van der Waals surface area contributed by atoms with Gasteiger partial charge in [0.15, 0.2) is 0 Å². The van der Waals surface area contributed by atoms with E-state index < -0.39 is 15.5 Å². The highest BCUT2D eigenvalue weighted by Gasteiger charge is 2.21. The number of rotatable bonds is 4. The molecule has 0 radical (unpaired) electrons. The van der Waals surface area contributed by atoms with Gasteiger partial charge in [-0.25, -0.2) is 0 Å². The molecule has 0 amide bonds. The molecule has 116 valence electrons. The van der Waals surface area contributed by atoms with Crippen molar-refractivity contribution in [3.8, 4) is 0 Å². The van der Waals surface area contributed by atoms with E-state index in [0.717, 1.165) is 15.9 Å². The number of benzene rings is 3. The molecule has 0 fully saturated rings. The molecule has 3 aromatic rings. The van der Waals surface area contributed by atoms with Gasteiger partial charge in [0.05, 0.1) is 5.30 Å². The quantitative estimate of drug-likeness (QED) is 0.715. The van der Waals surface area contributed by atoms with Crippen molar-refractivity contribution in [1.29, 1.82) is 0 Å². The molecule has 0 aliphatic rings. The molecular weight excluding hydrogens is 326 g/mol. The van der Waals surface area contributed by atoms with Crippen molar-refractivity contribution in [2.45, 2.75) is 0 Å². The van der Waals surface area contributed by atoms with E-state index in [1.807, 2.05) is 42.5 Å². The molecule has 23 heavy (non-hydrogen) atoms. The summed E-state index contributed by atoms with van der Waals surface area (Å²) in [4.78, 5) is 18.9. The fourth-order valence-corrected chi connectivity index (χ4v) is 5.44. The van der Waals surface area contributed by atoms with Crippen molar-refractivity contribution in [2.24, 2.45) is 0 Å². The van der Waals surface area contributed by atoms with Gasteiger partial charge in [-0.05, 0) is 36.0 Å². The fourth-order valence-electron chi connectivity index (χ4n) is 2.41. The first-order valence-electron chi connectivity index (χ1n) is 7.12. The maximum atomic E-state index is 11.6. The molecule has 0 unspecified atom stereocenters. The standard InChI is InChI=1S/C18H16O3P2/c19-23(20,21)18-13-7-12-17(14-18)22(15-8-3-1-4-9-15)16-10-5-2-6-11-16/h1-14H,(H2,19,20,21). The van der Waals surface area contributed by atoms with Crippen LogP contribution in [0.1, 0.15) is 0 Å². The minimum absolute atomic E-state index is 0.0642. The summed E-state index contributed by atoms with van der Waals surface area (Å²) in [6.07, 6.45) is 0. The first kappa shape index (κ1) is 16.1. The molecule has 0 aliphatic carbocycles. The average Bonchev–Trinajstić information content (AvgIpc) is 2.57. The summed E-state index contributed by atoms with van der Waals surface area (Å²) >= 11 is 0. The van der Waals surface area contributed by atoms with Crippen LogP contribution in [-0.2, 0) is 4.57 Å². The second-order valence-electron chi connectivity index (χ2n) is 5.07. The summed E-state index contributed by atoms with van der Waals surface area (Å²) in [6.45, 7) is 0. The van der Waals surface area contributed by atoms with Crippen LogP contribution in [0.15, 0.2) is 84.9 Å². The Kier molecular flexibility index (Phi) is 4.75. The highest BCUT2D eigenvalue weighted by atomic mass is 31.2. The second kappa shape index (κ2) is 6.78. The van der Waals surface area contributed by atoms with Crippen LogP contribution in [0.3, 0.4) is 0 Å². The zero-order chi connectivity index (χ0) is 16.3. The van der Waals surface area contributed by atoms with E-state index in [0.29, 0.717) is 0 Å². The van der Waals surface area contributed by atoms with Crippen molar-refractivity contribution in [1.82, 2.24) is 0 Å². The van der Waals surface area contributed by atoms with Crippen molar-refractivity contribution in [2.75, 3.05) is 0 Å². The maximum absolute atomic E-state index is 11.6. The molecule has 0 aromatic heterocycles. The van der Waals surface area contributed by atoms with Crippen molar-refractivity contribution < 1.29 is 14.4 Å². The van der Waals surface area contributed by atoms with E-state index in [1.165, 1.54) is 6.07 Å². The normalized spacial score (nSPS) is 11.6. The van der Waals surface area contributed by atoms with Gasteiger partial charge in [0.25, 0.3) is 0 Å². The Balaban J connectivity index is 2.15. The van der Waals surface area contributed by atoms with E-state index in [2.05, 4.69) is 24.3 Å². The van der Waals surface area contributed by atoms with Crippen LogP contribution in [0.2, 0.25) is 0 Å². The molecule has 3 rings (SSSR count). The maximum Gasteiger partial charge on any atom is 0.356 e. The predicted octanol–water partition coefficient (Wildman–Crippen LogP) is 2.25. The molecular formula is C18H16O3P2. The van der Waals surface area contributed by atoms with E-state index in [1.54, 1.807) is 12.1 Å². The minimum atomic E-state index is -4.26. The van der Waals surface area contributed by atoms with Crippen molar-refractivity contribution in [3.63, 3.8) is 0 Å². The van der Waals surface area contributed by atoms with Gasteiger partial charge in [-0.3, -0.25) is 4.57 Å². The Morgan fingerprint density at radius 2 is 1.13 bits per heavy atom. The Labute approximate surface area is 136 Å². The lowest BCUT2D eigenvalue weighted by Crippen LogP contribution is -2.23. The van der Waals surface area contributed by atoms with Gasteiger partial charge in [-0.15, -0.1) is 0 Å². The molecule has 5 heteroatoms. The summed E-state index contributed by atoms with van der Waals surface area (Å²) in [7, 11) is -5.11. The van der Waals surface area contributed by atoms with Crippen LogP contribution >= 0.6 is 15.5 Å². The number of hydrogen-bond donors (Lipinski definition) is 2. The topological polar surface area (TPSA) is 57.5 Å². The molecule has 0 saturated carbocycles. The van der Waals surface area contributed by atoms with Crippen LogP contribution in [0.25, 0.3) is 0 Å². The van der Waals surface area contributed by atoms with Crippen molar-refractivity contribution in [3.05, 3.63) is 84.9 Å². The van der Waals surface area contributed by atoms with Gasteiger partial charge < -0.3 is 9.79 Å². The average molecular weight is 342 g/mol. The molecule has 3 aromatic carbocycles. The Hall–Kier alpha value is -1.76. The summed E-state index contributed by atoms with van der Waals surface area (Å²) in [5.74, 6) is 0. The highest BCUT2D eigenvalue weighted by molar-refractivity contribution is 7.79. The highest BCUT2D eigenvalue weighted by Crippen LogP contribution is 2.36. The van der Waals surface area contributed by atoms with Crippen LogP contribution in [0, 0.1) is 0 Å². The molecule has 3 nitrogen and oxygen atoms in total. The molecule has 0 heterocycles. The summed E-state index contributed by atoms with van der Waals surface area (Å²) < 4.78 is 11.6. The monoisotopic (exact) mass is 342 g/mol. The molecule has 0 saturated heterocycles. The first-order chi connectivity index (χ1) is 11.1. The SMILES string of the molecule is O=P(O)(O)c1cccc(P(c2ccccc2)c2ccccc2)c1. The summed E-state index contributed by atoms with van der Waals surface area (Å²) in [6, 6.07) is 26.9. The second-order valence-corrected chi connectivity index (χ2v) is 8.89. The zero-order valence-electron chi connectivity index (χ0n) is 12.3. The van der Waals surface area contributed by atoms with E-state index in [9.17, 15) is 14.4 Å². The first-order valence-corrected chi connectivity index (χ1v) is 10.1. The van der Waals surface area contributed by atoms with Gasteiger partial charge in [0.2, 0.25) is 0 Å². The zero-order valence-corrected chi connectivity index (χ0v) is 14.1. The molecule has 0 aliphatic heterocycles. The third-order valence-corrected chi connectivity index (χ3v) is 6.83. The summed E-state index contributed by atoms with van der Waals surface area (Å²) in [5.41, 5.74) is 0. The predicted molar refractivity (Wildman–Crippen MR) is 96.8 cm³/mol. The van der Waals surface area contributed by atoms with E-state index >= 15 is 0 Å². The molecule has 0 atom stereocenters. The molecule has 0 spiro atoms. The Morgan fingerprint density at radius 1 is 0.652 bits per heavy atom.